The smallest absolute Gasteiger partial charge is 0.408 e. The number of aromatic amines is 1. The highest BCUT2D eigenvalue weighted by molar-refractivity contribution is 5.94. The van der Waals surface area contributed by atoms with Crippen LogP contribution in [-0.4, -0.2) is 69.3 Å². The van der Waals surface area contributed by atoms with Crippen LogP contribution in [0.4, 0.5) is 4.79 Å². The molecule has 204 valence electrons. The lowest BCUT2D eigenvalue weighted by Gasteiger charge is -2.36. The minimum atomic E-state index is -1.21. The minimum Gasteiger partial charge on any atom is -0.445 e. The number of primary amides is 2. The predicted octanol–water partition coefficient (Wildman–Crippen LogP) is -0.136. The van der Waals surface area contributed by atoms with Crippen LogP contribution in [0.25, 0.3) is 0 Å². The molecule has 0 bridgehead atoms. The summed E-state index contributed by atoms with van der Waals surface area (Å²) in [6.45, 7) is 0.287. The lowest BCUT2D eigenvalue weighted by Crippen LogP contribution is -2.59. The summed E-state index contributed by atoms with van der Waals surface area (Å²) >= 11 is 0. The Morgan fingerprint density at radius 3 is 2.50 bits per heavy atom. The molecule has 1 aromatic heterocycles. The number of piperidine rings is 1. The van der Waals surface area contributed by atoms with Gasteiger partial charge in [-0.1, -0.05) is 30.3 Å². The van der Waals surface area contributed by atoms with E-state index < -0.39 is 47.8 Å². The van der Waals surface area contributed by atoms with Gasteiger partial charge in [-0.2, -0.15) is 0 Å². The maximum atomic E-state index is 13.5. The maximum Gasteiger partial charge on any atom is 0.408 e. The summed E-state index contributed by atoms with van der Waals surface area (Å²) in [5.41, 5.74) is 12.0. The molecule has 38 heavy (non-hydrogen) atoms. The Bertz CT molecular complexity index is 1110. The number of hydrogen-bond acceptors (Lipinski definition) is 7. The van der Waals surface area contributed by atoms with E-state index in [1.807, 2.05) is 6.07 Å². The number of alkyl carbamates (subject to hydrolysis) is 1. The Labute approximate surface area is 219 Å². The summed E-state index contributed by atoms with van der Waals surface area (Å²) < 4.78 is 5.20. The van der Waals surface area contributed by atoms with E-state index in [4.69, 9.17) is 16.2 Å². The van der Waals surface area contributed by atoms with Crippen molar-refractivity contribution in [2.24, 2.45) is 11.5 Å². The Morgan fingerprint density at radius 1 is 1.08 bits per heavy atom. The van der Waals surface area contributed by atoms with E-state index in [1.165, 1.54) is 11.2 Å². The molecule has 13 nitrogen and oxygen atoms in total. The number of imidazole rings is 1. The van der Waals surface area contributed by atoms with Crippen molar-refractivity contribution in [2.45, 2.75) is 63.3 Å². The van der Waals surface area contributed by atoms with Gasteiger partial charge in [0.2, 0.25) is 23.6 Å². The molecular formula is C25H33N7O6. The average molecular weight is 528 g/mol. The molecular weight excluding hydrogens is 494 g/mol. The molecule has 0 saturated carbocycles. The Morgan fingerprint density at radius 2 is 1.84 bits per heavy atom. The number of aromatic nitrogens is 2. The summed E-state index contributed by atoms with van der Waals surface area (Å²) in [5, 5.41) is 5.11. The van der Waals surface area contributed by atoms with E-state index in [2.05, 4.69) is 20.6 Å². The highest BCUT2D eigenvalue weighted by Gasteiger charge is 2.36. The second-order valence-corrected chi connectivity index (χ2v) is 9.04. The van der Waals surface area contributed by atoms with Gasteiger partial charge in [-0.15, -0.1) is 0 Å². The van der Waals surface area contributed by atoms with Crippen molar-refractivity contribution in [1.82, 2.24) is 25.5 Å². The number of carbonyl (C=O) groups is 5. The van der Waals surface area contributed by atoms with Gasteiger partial charge in [0.25, 0.3) is 0 Å². The van der Waals surface area contributed by atoms with E-state index in [9.17, 15) is 24.0 Å². The zero-order valence-corrected chi connectivity index (χ0v) is 20.9. The molecule has 13 heteroatoms. The number of carbonyl (C=O) groups excluding carboxylic acids is 5. The SMILES string of the molecule is NC(=O)CC[C@H](NC(=O)OCc1ccccc1)C(=O)N[C@@H](Cc1c[nH]cn1)C(=O)N1CCCCC1C(N)=O. The molecule has 3 atom stereocenters. The first-order valence-electron chi connectivity index (χ1n) is 12.4. The summed E-state index contributed by atoms with van der Waals surface area (Å²) in [7, 11) is 0. The third kappa shape index (κ3) is 8.32. The van der Waals surface area contributed by atoms with Crippen molar-refractivity contribution >= 4 is 29.7 Å². The monoisotopic (exact) mass is 527 g/mol. The number of nitrogens with zero attached hydrogens (tertiary/aromatic N) is 2. The van der Waals surface area contributed by atoms with Gasteiger partial charge in [-0.25, -0.2) is 9.78 Å². The van der Waals surface area contributed by atoms with Gasteiger partial charge < -0.3 is 36.7 Å². The van der Waals surface area contributed by atoms with E-state index >= 15 is 0 Å². The molecule has 3 rings (SSSR count). The molecule has 1 aliphatic heterocycles. The predicted molar refractivity (Wildman–Crippen MR) is 135 cm³/mol. The molecule has 0 aliphatic carbocycles. The van der Waals surface area contributed by atoms with Crippen LogP contribution in [0.2, 0.25) is 0 Å². The van der Waals surface area contributed by atoms with Gasteiger partial charge in [0.05, 0.1) is 12.0 Å². The minimum absolute atomic E-state index is 0.0248. The highest BCUT2D eigenvalue weighted by Crippen LogP contribution is 2.19. The van der Waals surface area contributed by atoms with Crippen LogP contribution in [0.3, 0.4) is 0 Å². The molecule has 1 aliphatic rings. The van der Waals surface area contributed by atoms with Crippen molar-refractivity contribution in [3.63, 3.8) is 0 Å². The quantitative estimate of drug-likeness (QED) is 0.253. The lowest BCUT2D eigenvalue weighted by molar-refractivity contribution is -0.144. The fourth-order valence-electron chi connectivity index (χ4n) is 4.24. The fourth-order valence-corrected chi connectivity index (χ4v) is 4.24. The third-order valence-corrected chi connectivity index (χ3v) is 6.20. The second-order valence-electron chi connectivity index (χ2n) is 9.04. The van der Waals surface area contributed by atoms with Crippen LogP contribution < -0.4 is 22.1 Å². The molecule has 1 fully saturated rings. The molecule has 5 amide bonds. The van der Waals surface area contributed by atoms with Gasteiger partial charge in [-0.05, 0) is 31.2 Å². The van der Waals surface area contributed by atoms with Crippen LogP contribution in [0.1, 0.15) is 43.4 Å². The molecule has 1 unspecified atom stereocenters. The van der Waals surface area contributed by atoms with Crippen LogP contribution in [0.15, 0.2) is 42.9 Å². The fraction of sp³-hybridized carbons (Fsp3) is 0.440. The summed E-state index contributed by atoms with van der Waals surface area (Å²) in [6.07, 6.45) is 3.73. The largest absolute Gasteiger partial charge is 0.445 e. The van der Waals surface area contributed by atoms with Crippen molar-refractivity contribution in [1.29, 1.82) is 0 Å². The molecule has 1 saturated heterocycles. The van der Waals surface area contributed by atoms with Gasteiger partial charge in [0, 0.05) is 25.6 Å². The second kappa shape index (κ2) is 13.8. The first-order chi connectivity index (χ1) is 18.2. The van der Waals surface area contributed by atoms with Gasteiger partial charge >= 0.3 is 6.09 Å². The van der Waals surface area contributed by atoms with Crippen LogP contribution >= 0.6 is 0 Å². The third-order valence-electron chi connectivity index (χ3n) is 6.20. The lowest BCUT2D eigenvalue weighted by atomic mass is 9.99. The summed E-state index contributed by atoms with van der Waals surface area (Å²) in [6, 6.07) is 5.85. The van der Waals surface area contributed by atoms with Gasteiger partial charge in [0.1, 0.15) is 24.7 Å². The van der Waals surface area contributed by atoms with E-state index in [0.29, 0.717) is 25.1 Å². The number of likely N-dealkylation sites (tertiary alicyclic amines) is 1. The summed E-state index contributed by atoms with van der Waals surface area (Å²) in [5.74, 6) is -2.50. The van der Waals surface area contributed by atoms with Crippen LogP contribution in [-0.2, 0) is 36.9 Å². The molecule has 0 radical (unpaired) electrons. The highest BCUT2D eigenvalue weighted by atomic mass is 16.5. The van der Waals surface area contributed by atoms with Crippen molar-refractivity contribution in [3.8, 4) is 0 Å². The Kier molecular flexibility index (Phi) is 10.2. The number of benzene rings is 1. The van der Waals surface area contributed by atoms with Crippen molar-refractivity contribution in [2.75, 3.05) is 6.54 Å². The zero-order valence-electron chi connectivity index (χ0n) is 20.9. The van der Waals surface area contributed by atoms with Crippen molar-refractivity contribution in [3.05, 3.63) is 54.1 Å². The van der Waals surface area contributed by atoms with Gasteiger partial charge in [0.15, 0.2) is 0 Å². The topological polar surface area (TPSA) is 203 Å². The normalized spacial score (nSPS) is 16.6. The number of H-pyrrole nitrogens is 1. The number of amides is 5. The first-order valence-corrected chi connectivity index (χ1v) is 12.4. The summed E-state index contributed by atoms with van der Waals surface area (Å²) in [4.78, 5) is 71.0. The van der Waals surface area contributed by atoms with E-state index in [1.54, 1.807) is 30.5 Å². The molecule has 2 heterocycles. The van der Waals surface area contributed by atoms with Crippen molar-refractivity contribution < 1.29 is 28.7 Å². The number of hydrogen-bond donors (Lipinski definition) is 5. The first kappa shape index (κ1) is 28.2. The molecule has 1 aromatic carbocycles. The van der Waals surface area contributed by atoms with Gasteiger partial charge in [-0.3, -0.25) is 19.2 Å². The maximum absolute atomic E-state index is 13.5. The van der Waals surface area contributed by atoms with Crippen LogP contribution in [0, 0.1) is 0 Å². The molecule has 2 aromatic rings. The Hall–Kier alpha value is -4.42. The van der Waals surface area contributed by atoms with E-state index in [0.717, 1.165) is 12.0 Å². The number of rotatable bonds is 12. The van der Waals surface area contributed by atoms with Crippen LogP contribution in [0.5, 0.6) is 0 Å². The van der Waals surface area contributed by atoms with E-state index in [-0.39, 0.29) is 25.9 Å². The molecule has 0 spiro atoms. The number of ether oxygens (including phenoxy) is 1. The number of nitrogens with one attached hydrogen (secondary N) is 3. The molecule has 7 N–H and O–H groups in total. The Balaban J connectivity index is 1.73. The number of nitrogens with two attached hydrogens (primary N) is 2. The zero-order chi connectivity index (χ0) is 27.5. The standard InChI is InChI=1S/C25H33N7O6/c26-21(33)10-9-18(31-25(37)38-14-16-6-2-1-3-7-16)23(35)30-19(12-17-13-28-15-29-17)24(36)32-11-5-4-8-20(32)22(27)34/h1-3,6-7,13,15,18-20H,4-5,8-12,14H2,(H2,26,33)(H2,27,34)(H,28,29)(H,30,35)(H,31,37)/t18-,19-,20?/m0/s1. The average Bonchev–Trinajstić information content (AvgIpc) is 3.42.